The van der Waals surface area contributed by atoms with Gasteiger partial charge in [-0.05, 0) is 24.6 Å². The maximum absolute atomic E-state index is 13.1. The summed E-state index contributed by atoms with van der Waals surface area (Å²) in [5, 5.41) is 11.3. The highest BCUT2D eigenvalue weighted by Gasteiger charge is 2.50. The monoisotopic (exact) mass is 383 g/mol. The molecule has 1 amide bonds. The van der Waals surface area contributed by atoms with Gasteiger partial charge < -0.3 is 19.5 Å². The van der Waals surface area contributed by atoms with Crippen molar-refractivity contribution in [3.63, 3.8) is 0 Å². The summed E-state index contributed by atoms with van der Waals surface area (Å²) >= 11 is 0. The van der Waals surface area contributed by atoms with Crippen molar-refractivity contribution in [1.29, 1.82) is 0 Å². The number of rotatable bonds is 8. The first kappa shape index (κ1) is 19.9. The highest BCUT2D eigenvalue weighted by atomic mass is 16.5. The summed E-state index contributed by atoms with van der Waals surface area (Å²) in [4.78, 5) is 27.7. The van der Waals surface area contributed by atoms with Gasteiger partial charge >= 0.3 is 0 Å². The molecule has 0 bridgehead atoms. The molecule has 2 aromatic rings. The SMILES string of the molecule is CCCCN1C(=O)[C@@](O)(CC(=O)c2ccc(OC)cc2OC)c2ccccc21. The van der Waals surface area contributed by atoms with Gasteiger partial charge in [0.2, 0.25) is 0 Å². The second-order valence-electron chi connectivity index (χ2n) is 6.85. The van der Waals surface area contributed by atoms with Crippen LogP contribution < -0.4 is 14.4 Å². The van der Waals surface area contributed by atoms with Gasteiger partial charge in [0, 0.05) is 18.2 Å². The number of ketones is 1. The molecule has 0 radical (unpaired) electrons. The van der Waals surface area contributed by atoms with E-state index in [2.05, 4.69) is 0 Å². The lowest BCUT2D eigenvalue weighted by Gasteiger charge is -2.23. The number of benzene rings is 2. The number of hydrogen-bond acceptors (Lipinski definition) is 5. The summed E-state index contributed by atoms with van der Waals surface area (Å²) in [5.74, 6) is 0.0696. The molecule has 6 nitrogen and oxygen atoms in total. The summed E-state index contributed by atoms with van der Waals surface area (Å²) in [6.07, 6.45) is 1.39. The van der Waals surface area contributed by atoms with Crippen LogP contribution in [0.25, 0.3) is 0 Å². The van der Waals surface area contributed by atoms with Crippen molar-refractivity contribution in [2.24, 2.45) is 0 Å². The molecule has 0 saturated carbocycles. The third-order valence-electron chi connectivity index (χ3n) is 5.10. The van der Waals surface area contributed by atoms with Crippen molar-refractivity contribution in [2.75, 3.05) is 25.7 Å². The molecule has 1 heterocycles. The minimum Gasteiger partial charge on any atom is -0.497 e. The average Bonchev–Trinajstić information content (AvgIpc) is 2.93. The van der Waals surface area contributed by atoms with E-state index in [9.17, 15) is 14.7 Å². The fourth-order valence-electron chi connectivity index (χ4n) is 3.57. The van der Waals surface area contributed by atoms with Crippen LogP contribution in [0.15, 0.2) is 42.5 Å². The van der Waals surface area contributed by atoms with Crippen LogP contribution in [0, 0.1) is 0 Å². The third kappa shape index (κ3) is 3.36. The van der Waals surface area contributed by atoms with E-state index in [4.69, 9.17) is 9.47 Å². The molecule has 1 aliphatic rings. The zero-order valence-electron chi connectivity index (χ0n) is 16.4. The number of carbonyl (C=O) groups excluding carboxylic acids is 2. The zero-order valence-corrected chi connectivity index (χ0v) is 16.4. The summed E-state index contributed by atoms with van der Waals surface area (Å²) in [6.45, 7) is 2.55. The number of anilines is 1. The van der Waals surface area contributed by atoms with E-state index in [1.165, 1.54) is 14.2 Å². The number of methoxy groups -OCH3 is 2. The summed E-state index contributed by atoms with van der Waals surface area (Å²) in [6, 6.07) is 11.9. The number of para-hydroxylation sites is 1. The molecule has 2 aromatic carbocycles. The van der Waals surface area contributed by atoms with E-state index >= 15 is 0 Å². The fourth-order valence-corrected chi connectivity index (χ4v) is 3.57. The molecule has 0 fully saturated rings. The number of nitrogens with zero attached hydrogens (tertiary/aromatic N) is 1. The number of carbonyl (C=O) groups is 2. The summed E-state index contributed by atoms with van der Waals surface area (Å²) in [7, 11) is 2.99. The first-order valence-corrected chi connectivity index (χ1v) is 9.35. The van der Waals surface area contributed by atoms with Crippen LogP contribution in [0.1, 0.15) is 42.1 Å². The molecule has 0 spiro atoms. The normalized spacial score (nSPS) is 18.1. The quantitative estimate of drug-likeness (QED) is 0.708. The van der Waals surface area contributed by atoms with Crippen molar-refractivity contribution in [3.8, 4) is 11.5 Å². The molecule has 6 heteroatoms. The van der Waals surface area contributed by atoms with Crippen molar-refractivity contribution in [3.05, 3.63) is 53.6 Å². The largest absolute Gasteiger partial charge is 0.497 e. The molecular weight excluding hydrogens is 358 g/mol. The second-order valence-corrected chi connectivity index (χ2v) is 6.85. The molecule has 1 atom stereocenters. The number of aliphatic hydroxyl groups is 1. The van der Waals surface area contributed by atoms with Crippen LogP contribution in [-0.4, -0.2) is 37.6 Å². The van der Waals surface area contributed by atoms with Gasteiger partial charge in [-0.2, -0.15) is 0 Å². The number of ether oxygens (including phenoxy) is 2. The molecule has 148 valence electrons. The predicted octanol–water partition coefficient (Wildman–Crippen LogP) is 3.31. The second kappa shape index (κ2) is 8.02. The maximum Gasteiger partial charge on any atom is 0.264 e. The Morgan fingerprint density at radius 2 is 1.89 bits per heavy atom. The molecule has 0 aliphatic carbocycles. The number of unbranched alkanes of at least 4 members (excludes halogenated alkanes) is 1. The number of hydrogen-bond donors (Lipinski definition) is 1. The van der Waals surface area contributed by atoms with E-state index < -0.39 is 11.5 Å². The minimum absolute atomic E-state index is 0.300. The lowest BCUT2D eigenvalue weighted by molar-refractivity contribution is -0.135. The van der Waals surface area contributed by atoms with Crippen LogP contribution in [0.3, 0.4) is 0 Å². The molecule has 1 N–H and O–H groups in total. The van der Waals surface area contributed by atoms with Crippen LogP contribution >= 0.6 is 0 Å². The predicted molar refractivity (Wildman–Crippen MR) is 106 cm³/mol. The van der Waals surface area contributed by atoms with Gasteiger partial charge in [0.25, 0.3) is 5.91 Å². The number of fused-ring (bicyclic) bond motifs is 1. The topological polar surface area (TPSA) is 76.1 Å². The van der Waals surface area contributed by atoms with E-state index in [0.717, 1.165) is 12.8 Å². The van der Waals surface area contributed by atoms with Gasteiger partial charge in [-0.1, -0.05) is 31.5 Å². The van der Waals surface area contributed by atoms with E-state index in [1.54, 1.807) is 41.3 Å². The molecule has 3 rings (SSSR count). The third-order valence-corrected chi connectivity index (χ3v) is 5.10. The van der Waals surface area contributed by atoms with E-state index in [1.807, 2.05) is 13.0 Å². The Kier molecular flexibility index (Phi) is 5.70. The number of Topliss-reactive ketones (excluding diaryl/α,β-unsaturated/α-hetero) is 1. The van der Waals surface area contributed by atoms with Crippen molar-refractivity contribution in [2.45, 2.75) is 31.8 Å². The van der Waals surface area contributed by atoms with Gasteiger partial charge in [-0.3, -0.25) is 9.59 Å². The van der Waals surface area contributed by atoms with Crippen LogP contribution in [-0.2, 0) is 10.4 Å². The van der Waals surface area contributed by atoms with Crippen molar-refractivity contribution >= 4 is 17.4 Å². The smallest absolute Gasteiger partial charge is 0.264 e. The van der Waals surface area contributed by atoms with Crippen molar-refractivity contribution < 1.29 is 24.2 Å². The highest BCUT2D eigenvalue weighted by molar-refractivity contribution is 6.11. The molecule has 0 unspecified atom stereocenters. The lowest BCUT2D eigenvalue weighted by atomic mass is 9.88. The molecule has 0 aromatic heterocycles. The Bertz CT molecular complexity index is 894. The first-order chi connectivity index (χ1) is 13.5. The Hall–Kier alpha value is -2.86. The van der Waals surface area contributed by atoms with Gasteiger partial charge in [0.1, 0.15) is 11.5 Å². The highest BCUT2D eigenvalue weighted by Crippen LogP contribution is 2.43. The van der Waals surface area contributed by atoms with Crippen molar-refractivity contribution in [1.82, 2.24) is 0 Å². The molecule has 28 heavy (non-hydrogen) atoms. The zero-order chi connectivity index (χ0) is 20.3. The van der Waals surface area contributed by atoms with E-state index in [0.29, 0.717) is 34.9 Å². The standard InChI is InChI=1S/C22H25NO5/c1-4-5-12-23-18-9-7-6-8-17(18)22(26,21(23)25)14-19(24)16-11-10-15(27-2)13-20(16)28-3/h6-11,13,26H,4-5,12,14H2,1-3H3/t22-/m1/s1. The molecular formula is C22H25NO5. The maximum atomic E-state index is 13.1. The van der Waals surface area contributed by atoms with Crippen LogP contribution in [0.4, 0.5) is 5.69 Å². The Morgan fingerprint density at radius 1 is 1.14 bits per heavy atom. The Labute approximate surface area is 164 Å². The van der Waals surface area contributed by atoms with Gasteiger partial charge in [0.15, 0.2) is 11.4 Å². The summed E-state index contributed by atoms with van der Waals surface area (Å²) < 4.78 is 10.5. The van der Waals surface area contributed by atoms with Gasteiger partial charge in [-0.25, -0.2) is 0 Å². The average molecular weight is 383 g/mol. The number of amides is 1. The first-order valence-electron chi connectivity index (χ1n) is 9.35. The molecule has 0 saturated heterocycles. The Balaban J connectivity index is 1.95. The van der Waals surface area contributed by atoms with Gasteiger partial charge in [0.05, 0.1) is 31.9 Å². The van der Waals surface area contributed by atoms with E-state index in [-0.39, 0.29) is 12.2 Å². The lowest BCUT2D eigenvalue weighted by Crippen LogP contribution is -2.42. The Morgan fingerprint density at radius 3 is 2.57 bits per heavy atom. The van der Waals surface area contributed by atoms with Crippen LogP contribution in [0.5, 0.6) is 11.5 Å². The minimum atomic E-state index is -1.88. The molecule has 1 aliphatic heterocycles. The van der Waals surface area contributed by atoms with Crippen LogP contribution in [0.2, 0.25) is 0 Å². The summed E-state index contributed by atoms with van der Waals surface area (Å²) in [5.41, 5.74) is -0.448. The fraction of sp³-hybridized carbons (Fsp3) is 0.364. The van der Waals surface area contributed by atoms with Gasteiger partial charge in [-0.15, -0.1) is 0 Å².